The first-order valence-electron chi connectivity index (χ1n) is 7.11. The Balaban J connectivity index is 1.73. The minimum absolute atomic E-state index is 0.306. The number of nitrogens with one attached hydrogen (secondary N) is 1. The van der Waals surface area contributed by atoms with Crippen LogP contribution in [-0.4, -0.2) is 85.6 Å². The van der Waals surface area contributed by atoms with Crippen LogP contribution >= 0.6 is 0 Å². The molecule has 2 aliphatic rings. The number of carbonyl (C=O) groups is 1. The van der Waals surface area contributed by atoms with E-state index < -0.39 is 0 Å². The van der Waals surface area contributed by atoms with Gasteiger partial charge in [-0.25, -0.2) is 0 Å². The summed E-state index contributed by atoms with van der Waals surface area (Å²) in [6.45, 7) is 12.9. The molecule has 2 fully saturated rings. The molecule has 2 saturated heterocycles. The molecular formula is C13H26N4O. The zero-order chi connectivity index (χ0) is 13.0. The Morgan fingerprint density at radius 1 is 1.06 bits per heavy atom. The van der Waals surface area contributed by atoms with Gasteiger partial charge in [-0.1, -0.05) is 0 Å². The Labute approximate surface area is 110 Å². The number of hydrogen-bond acceptors (Lipinski definition) is 4. The Morgan fingerprint density at radius 2 is 1.67 bits per heavy atom. The molecule has 0 spiro atoms. The van der Waals surface area contributed by atoms with Crippen molar-refractivity contribution in [3.05, 3.63) is 0 Å². The number of carbonyl (C=O) groups excluding carboxylic acids is 1. The molecule has 2 aliphatic heterocycles. The lowest BCUT2D eigenvalue weighted by Crippen LogP contribution is -2.54. The average molecular weight is 254 g/mol. The maximum absolute atomic E-state index is 12.2. The molecule has 0 saturated carbocycles. The highest BCUT2D eigenvalue weighted by molar-refractivity contribution is 5.78. The van der Waals surface area contributed by atoms with Gasteiger partial charge in [0.15, 0.2) is 0 Å². The van der Waals surface area contributed by atoms with E-state index in [0.29, 0.717) is 18.5 Å². The molecule has 0 atom stereocenters. The van der Waals surface area contributed by atoms with E-state index in [1.807, 2.05) is 4.90 Å². The number of piperazine rings is 2. The van der Waals surface area contributed by atoms with Gasteiger partial charge in [0.1, 0.15) is 0 Å². The van der Waals surface area contributed by atoms with Gasteiger partial charge in [0.2, 0.25) is 5.91 Å². The van der Waals surface area contributed by atoms with Crippen LogP contribution in [0.25, 0.3) is 0 Å². The van der Waals surface area contributed by atoms with Gasteiger partial charge >= 0.3 is 0 Å². The van der Waals surface area contributed by atoms with E-state index in [2.05, 4.69) is 29.0 Å². The minimum Gasteiger partial charge on any atom is -0.339 e. The average Bonchev–Trinajstić information content (AvgIpc) is 2.40. The fourth-order valence-electron chi connectivity index (χ4n) is 2.65. The standard InChI is InChI=1S/C13H26N4O/c1-12(2)16-7-9-17(10-8-16)13(18)11-15-5-3-14-4-6-15/h12,14H,3-11H2,1-2H3. The van der Waals surface area contributed by atoms with Crippen LogP contribution in [0.4, 0.5) is 0 Å². The summed E-state index contributed by atoms with van der Waals surface area (Å²) in [6, 6.07) is 0.593. The van der Waals surface area contributed by atoms with Crippen molar-refractivity contribution < 1.29 is 4.79 Å². The van der Waals surface area contributed by atoms with Crippen LogP contribution in [0.2, 0.25) is 0 Å². The highest BCUT2D eigenvalue weighted by atomic mass is 16.2. The molecule has 0 aromatic rings. The first-order chi connectivity index (χ1) is 8.66. The Morgan fingerprint density at radius 3 is 2.22 bits per heavy atom. The SMILES string of the molecule is CC(C)N1CCN(C(=O)CN2CCNCC2)CC1. The van der Waals surface area contributed by atoms with E-state index >= 15 is 0 Å². The topological polar surface area (TPSA) is 38.8 Å². The molecule has 2 heterocycles. The van der Waals surface area contributed by atoms with Gasteiger partial charge in [-0.05, 0) is 13.8 Å². The van der Waals surface area contributed by atoms with E-state index in [4.69, 9.17) is 0 Å². The summed E-state index contributed by atoms with van der Waals surface area (Å²) in [5, 5.41) is 3.31. The summed E-state index contributed by atoms with van der Waals surface area (Å²) in [4.78, 5) is 18.9. The predicted octanol–water partition coefficient (Wildman–Crippen LogP) is -0.556. The van der Waals surface area contributed by atoms with Gasteiger partial charge in [0, 0.05) is 58.4 Å². The van der Waals surface area contributed by atoms with E-state index in [1.54, 1.807) is 0 Å². The summed E-state index contributed by atoms with van der Waals surface area (Å²) in [7, 11) is 0. The van der Waals surface area contributed by atoms with Crippen molar-refractivity contribution in [3.63, 3.8) is 0 Å². The Hall–Kier alpha value is -0.650. The molecule has 104 valence electrons. The fraction of sp³-hybridized carbons (Fsp3) is 0.923. The van der Waals surface area contributed by atoms with E-state index in [1.165, 1.54) is 0 Å². The highest BCUT2D eigenvalue weighted by Crippen LogP contribution is 2.06. The molecule has 0 unspecified atom stereocenters. The Bertz CT molecular complexity index is 268. The molecule has 18 heavy (non-hydrogen) atoms. The minimum atomic E-state index is 0.306. The maximum Gasteiger partial charge on any atom is 0.236 e. The van der Waals surface area contributed by atoms with Gasteiger partial charge in [-0.3, -0.25) is 14.6 Å². The van der Waals surface area contributed by atoms with Gasteiger partial charge in [-0.15, -0.1) is 0 Å². The van der Waals surface area contributed by atoms with Gasteiger partial charge in [0.05, 0.1) is 6.54 Å². The smallest absolute Gasteiger partial charge is 0.236 e. The molecular weight excluding hydrogens is 228 g/mol. The molecule has 0 aromatic heterocycles. The number of rotatable bonds is 3. The molecule has 0 bridgehead atoms. The largest absolute Gasteiger partial charge is 0.339 e. The van der Waals surface area contributed by atoms with Crippen molar-refractivity contribution in [2.45, 2.75) is 19.9 Å². The van der Waals surface area contributed by atoms with E-state index in [-0.39, 0.29) is 0 Å². The summed E-state index contributed by atoms with van der Waals surface area (Å²) in [6.07, 6.45) is 0. The third-order valence-corrected chi connectivity index (χ3v) is 3.97. The van der Waals surface area contributed by atoms with E-state index in [0.717, 1.165) is 52.4 Å². The lowest BCUT2D eigenvalue weighted by atomic mass is 10.2. The molecule has 2 rings (SSSR count). The monoisotopic (exact) mass is 254 g/mol. The number of amides is 1. The second-order valence-electron chi connectivity index (χ2n) is 5.54. The van der Waals surface area contributed by atoms with Gasteiger partial charge < -0.3 is 10.2 Å². The fourth-order valence-corrected chi connectivity index (χ4v) is 2.65. The zero-order valence-corrected chi connectivity index (χ0v) is 11.7. The second kappa shape index (κ2) is 6.50. The molecule has 1 amide bonds. The predicted molar refractivity (Wildman–Crippen MR) is 72.6 cm³/mol. The van der Waals surface area contributed by atoms with Crippen LogP contribution < -0.4 is 5.32 Å². The van der Waals surface area contributed by atoms with Crippen molar-refractivity contribution in [3.8, 4) is 0 Å². The third kappa shape index (κ3) is 3.67. The van der Waals surface area contributed by atoms with Gasteiger partial charge in [-0.2, -0.15) is 0 Å². The van der Waals surface area contributed by atoms with Crippen LogP contribution in [0.5, 0.6) is 0 Å². The van der Waals surface area contributed by atoms with Crippen LogP contribution in [0.1, 0.15) is 13.8 Å². The van der Waals surface area contributed by atoms with Crippen molar-refractivity contribution in [1.82, 2.24) is 20.0 Å². The normalized spacial score (nSPS) is 23.6. The Kier molecular flexibility index (Phi) is 4.97. The van der Waals surface area contributed by atoms with Crippen LogP contribution in [-0.2, 0) is 4.79 Å². The van der Waals surface area contributed by atoms with E-state index in [9.17, 15) is 4.79 Å². The molecule has 0 radical (unpaired) electrons. The first kappa shape index (κ1) is 13.8. The highest BCUT2D eigenvalue weighted by Gasteiger charge is 2.23. The first-order valence-corrected chi connectivity index (χ1v) is 7.11. The van der Waals surface area contributed by atoms with Gasteiger partial charge in [0.25, 0.3) is 0 Å². The van der Waals surface area contributed by atoms with Crippen LogP contribution in [0.3, 0.4) is 0 Å². The summed E-state index contributed by atoms with van der Waals surface area (Å²) in [5.74, 6) is 0.306. The molecule has 0 aromatic carbocycles. The molecule has 1 N–H and O–H groups in total. The lowest BCUT2D eigenvalue weighted by Gasteiger charge is -2.38. The quantitative estimate of drug-likeness (QED) is 0.733. The van der Waals surface area contributed by atoms with Crippen LogP contribution in [0, 0.1) is 0 Å². The molecule has 5 nitrogen and oxygen atoms in total. The van der Waals surface area contributed by atoms with Crippen LogP contribution in [0.15, 0.2) is 0 Å². The lowest BCUT2D eigenvalue weighted by molar-refractivity contribution is -0.134. The summed E-state index contributed by atoms with van der Waals surface area (Å²) in [5.41, 5.74) is 0. The number of nitrogens with zero attached hydrogens (tertiary/aromatic N) is 3. The summed E-state index contributed by atoms with van der Waals surface area (Å²) < 4.78 is 0. The van der Waals surface area contributed by atoms with Crippen molar-refractivity contribution >= 4 is 5.91 Å². The van der Waals surface area contributed by atoms with Crippen molar-refractivity contribution in [2.75, 3.05) is 58.9 Å². The molecule has 0 aliphatic carbocycles. The van der Waals surface area contributed by atoms with Crippen molar-refractivity contribution in [1.29, 1.82) is 0 Å². The molecule has 5 heteroatoms. The number of hydrogen-bond donors (Lipinski definition) is 1. The maximum atomic E-state index is 12.2. The summed E-state index contributed by atoms with van der Waals surface area (Å²) >= 11 is 0. The second-order valence-corrected chi connectivity index (χ2v) is 5.54. The zero-order valence-electron chi connectivity index (χ0n) is 11.7. The third-order valence-electron chi connectivity index (χ3n) is 3.97. The van der Waals surface area contributed by atoms with Crippen molar-refractivity contribution in [2.24, 2.45) is 0 Å².